The number of nitrogens with one attached hydrogen (secondary N) is 2. The number of furan rings is 1. The number of hydrogen-bond donors (Lipinski definition) is 2. The summed E-state index contributed by atoms with van der Waals surface area (Å²) in [7, 11) is 0. The number of rotatable bonds is 7. The molecule has 2 heterocycles. The summed E-state index contributed by atoms with van der Waals surface area (Å²) < 4.78 is 5.11. The summed E-state index contributed by atoms with van der Waals surface area (Å²) >= 11 is 0. The Morgan fingerprint density at radius 3 is 2.46 bits per heavy atom. The third-order valence-electron chi connectivity index (χ3n) is 4.72. The van der Waals surface area contributed by atoms with Crippen LogP contribution in [0.4, 0.5) is 11.4 Å². The van der Waals surface area contributed by atoms with Crippen molar-refractivity contribution in [2.45, 2.75) is 32.1 Å². The molecule has 1 fully saturated rings. The minimum atomic E-state index is -0.258. The summed E-state index contributed by atoms with van der Waals surface area (Å²) in [6, 6.07) is 11.5. The zero-order chi connectivity index (χ0) is 19.6. The Labute approximate surface area is 165 Å². The van der Waals surface area contributed by atoms with Gasteiger partial charge in [0.1, 0.15) is 5.76 Å². The van der Waals surface area contributed by atoms with Crippen LogP contribution in [0.2, 0.25) is 0 Å². The van der Waals surface area contributed by atoms with Crippen molar-refractivity contribution in [1.82, 2.24) is 5.32 Å². The number of carbonyl (C=O) groups excluding carboxylic acids is 2. The van der Waals surface area contributed by atoms with Gasteiger partial charge in [0.15, 0.2) is 0 Å². The molecule has 1 aliphatic rings. The van der Waals surface area contributed by atoms with E-state index in [-0.39, 0.29) is 24.8 Å². The van der Waals surface area contributed by atoms with E-state index >= 15 is 0 Å². The summed E-state index contributed by atoms with van der Waals surface area (Å²) in [6.45, 7) is 2.47. The van der Waals surface area contributed by atoms with Crippen LogP contribution >= 0.6 is 0 Å². The minimum Gasteiger partial charge on any atom is -0.465 e. The van der Waals surface area contributed by atoms with Gasteiger partial charge in [-0.15, -0.1) is 0 Å². The van der Waals surface area contributed by atoms with Gasteiger partial charge in [0.25, 0.3) is 0 Å². The average molecular weight is 381 g/mol. The highest BCUT2D eigenvalue weighted by atomic mass is 16.3. The van der Waals surface area contributed by atoms with Crippen molar-refractivity contribution in [2.24, 2.45) is 0 Å². The van der Waals surface area contributed by atoms with E-state index in [9.17, 15) is 9.59 Å². The Morgan fingerprint density at radius 2 is 1.79 bits per heavy atom. The largest absolute Gasteiger partial charge is 0.465 e. The fraction of sp³-hybridized carbons (Fsp3) is 0.364. The lowest BCUT2D eigenvalue weighted by atomic mass is 10.2. The average Bonchev–Trinajstić information content (AvgIpc) is 3.07. The monoisotopic (exact) mass is 381 g/mol. The molecule has 6 nitrogen and oxygen atoms in total. The molecule has 0 saturated carbocycles. The first kappa shape index (κ1) is 19.7. The van der Waals surface area contributed by atoms with Gasteiger partial charge in [0.05, 0.1) is 6.26 Å². The molecule has 1 aromatic carbocycles. The lowest BCUT2D eigenvalue weighted by molar-refractivity contribution is -0.117. The smallest absolute Gasteiger partial charge is 0.244 e. The van der Waals surface area contributed by atoms with Gasteiger partial charge < -0.3 is 20.0 Å². The first-order valence-electron chi connectivity index (χ1n) is 9.85. The van der Waals surface area contributed by atoms with Crippen LogP contribution in [0, 0.1) is 0 Å². The molecule has 1 aliphatic heterocycles. The third kappa shape index (κ3) is 6.30. The number of benzene rings is 1. The molecule has 0 aliphatic carbocycles. The van der Waals surface area contributed by atoms with Crippen LogP contribution in [0.15, 0.2) is 53.2 Å². The highest BCUT2D eigenvalue weighted by molar-refractivity contribution is 5.93. The van der Waals surface area contributed by atoms with Crippen molar-refractivity contribution < 1.29 is 14.0 Å². The molecule has 1 aromatic heterocycles. The van der Waals surface area contributed by atoms with Crippen molar-refractivity contribution in [2.75, 3.05) is 29.9 Å². The summed E-state index contributed by atoms with van der Waals surface area (Å²) in [5.41, 5.74) is 1.98. The topological polar surface area (TPSA) is 74.6 Å². The van der Waals surface area contributed by atoms with Gasteiger partial charge >= 0.3 is 0 Å². The highest BCUT2D eigenvalue weighted by Crippen LogP contribution is 2.21. The molecule has 2 N–H and O–H groups in total. The summed E-state index contributed by atoms with van der Waals surface area (Å²) in [4.78, 5) is 26.2. The Balaban J connectivity index is 1.39. The molecule has 0 atom stereocenters. The van der Waals surface area contributed by atoms with Gasteiger partial charge in [0.2, 0.25) is 11.8 Å². The molecule has 28 heavy (non-hydrogen) atoms. The molecule has 0 spiro atoms. The van der Waals surface area contributed by atoms with E-state index < -0.39 is 0 Å². The van der Waals surface area contributed by atoms with Crippen molar-refractivity contribution in [3.8, 4) is 0 Å². The van der Waals surface area contributed by atoms with Gasteiger partial charge in [0, 0.05) is 43.5 Å². The molecule has 0 unspecified atom stereocenters. The van der Waals surface area contributed by atoms with E-state index in [1.54, 1.807) is 24.5 Å². The van der Waals surface area contributed by atoms with Crippen LogP contribution < -0.4 is 15.5 Å². The van der Waals surface area contributed by atoms with Gasteiger partial charge in [-0.05, 0) is 55.3 Å². The predicted octanol–water partition coefficient (Wildman–Crippen LogP) is 3.82. The Morgan fingerprint density at radius 1 is 1.04 bits per heavy atom. The van der Waals surface area contributed by atoms with Gasteiger partial charge in [-0.3, -0.25) is 9.59 Å². The maximum absolute atomic E-state index is 12.1. The van der Waals surface area contributed by atoms with E-state index in [1.165, 1.54) is 37.4 Å². The normalized spacial score (nSPS) is 14.6. The second-order valence-corrected chi connectivity index (χ2v) is 6.89. The third-order valence-corrected chi connectivity index (χ3v) is 4.72. The lowest BCUT2D eigenvalue weighted by Gasteiger charge is -2.22. The van der Waals surface area contributed by atoms with E-state index in [0.29, 0.717) is 5.76 Å². The fourth-order valence-electron chi connectivity index (χ4n) is 3.21. The van der Waals surface area contributed by atoms with Crippen LogP contribution in [-0.2, 0) is 9.59 Å². The maximum Gasteiger partial charge on any atom is 0.244 e. The molecular formula is C22H27N3O3. The number of anilines is 2. The van der Waals surface area contributed by atoms with Crippen molar-refractivity contribution in [3.05, 3.63) is 54.5 Å². The van der Waals surface area contributed by atoms with Crippen LogP contribution in [0.3, 0.4) is 0 Å². The summed E-state index contributed by atoms with van der Waals surface area (Å²) in [6.07, 6.45) is 9.82. The van der Waals surface area contributed by atoms with Crippen LogP contribution in [0.1, 0.15) is 37.9 Å². The lowest BCUT2D eigenvalue weighted by Crippen LogP contribution is -2.26. The molecule has 0 bridgehead atoms. The molecule has 2 amide bonds. The molecular weight excluding hydrogens is 354 g/mol. The molecule has 0 radical (unpaired) electrons. The van der Waals surface area contributed by atoms with Crippen molar-refractivity contribution in [1.29, 1.82) is 0 Å². The number of carbonyl (C=O) groups is 2. The predicted molar refractivity (Wildman–Crippen MR) is 111 cm³/mol. The van der Waals surface area contributed by atoms with E-state index in [1.807, 2.05) is 12.1 Å². The van der Waals surface area contributed by atoms with Crippen molar-refractivity contribution in [3.63, 3.8) is 0 Å². The van der Waals surface area contributed by atoms with Gasteiger partial charge in [-0.2, -0.15) is 0 Å². The Hall–Kier alpha value is -3.02. The molecule has 1 saturated heterocycles. The molecule has 148 valence electrons. The highest BCUT2D eigenvalue weighted by Gasteiger charge is 2.10. The fourth-order valence-corrected chi connectivity index (χ4v) is 3.21. The zero-order valence-corrected chi connectivity index (χ0v) is 16.0. The van der Waals surface area contributed by atoms with Gasteiger partial charge in [-0.1, -0.05) is 12.8 Å². The standard InChI is InChI=1S/C22H27N3O3/c26-21(12-11-20-6-5-17-28-20)23-14-13-22(27)24-18-7-9-19(10-8-18)25-15-3-1-2-4-16-25/h5-12,17H,1-4,13-16H2,(H,23,26)(H,24,27)/b12-11+. The number of hydrogen-bond acceptors (Lipinski definition) is 4. The number of nitrogens with zero attached hydrogens (tertiary/aromatic N) is 1. The second kappa shape index (κ2) is 10.3. The first-order chi connectivity index (χ1) is 13.7. The van der Waals surface area contributed by atoms with Crippen molar-refractivity contribution >= 4 is 29.3 Å². The number of amides is 2. The van der Waals surface area contributed by atoms with Gasteiger partial charge in [-0.25, -0.2) is 0 Å². The molecule has 6 heteroatoms. The zero-order valence-electron chi connectivity index (χ0n) is 16.0. The molecule has 3 rings (SSSR count). The maximum atomic E-state index is 12.1. The Bertz CT molecular complexity index is 774. The van der Waals surface area contributed by atoms with Crippen LogP contribution in [0.5, 0.6) is 0 Å². The molecule has 2 aromatic rings. The van der Waals surface area contributed by atoms with E-state index in [0.717, 1.165) is 18.8 Å². The summed E-state index contributed by atoms with van der Waals surface area (Å²) in [5, 5.41) is 5.56. The van der Waals surface area contributed by atoms with Crippen LogP contribution in [-0.4, -0.2) is 31.4 Å². The van der Waals surface area contributed by atoms with E-state index in [4.69, 9.17) is 4.42 Å². The second-order valence-electron chi connectivity index (χ2n) is 6.89. The minimum absolute atomic E-state index is 0.127. The Kier molecular flexibility index (Phi) is 7.29. The van der Waals surface area contributed by atoms with Crippen LogP contribution in [0.25, 0.3) is 6.08 Å². The van der Waals surface area contributed by atoms with E-state index in [2.05, 4.69) is 27.7 Å². The first-order valence-corrected chi connectivity index (χ1v) is 9.85. The quantitative estimate of drug-likeness (QED) is 0.715. The summed E-state index contributed by atoms with van der Waals surface area (Å²) in [5.74, 6) is 0.223. The SMILES string of the molecule is O=C(/C=C/c1ccco1)NCCC(=O)Nc1ccc(N2CCCCCC2)cc1.